The number of rotatable bonds is 14. The molecule has 0 saturated heterocycles. The fourth-order valence-corrected chi connectivity index (χ4v) is 3.64. The van der Waals surface area contributed by atoms with Gasteiger partial charge in [-0.25, -0.2) is 9.59 Å². The maximum absolute atomic E-state index is 12.8. The lowest BCUT2D eigenvalue weighted by molar-refractivity contribution is -0.149. The summed E-state index contributed by atoms with van der Waals surface area (Å²) in [7, 11) is 0. The van der Waals surface area contributed by atoms with E-state index in [1.165, 1.54) is 0 Å². The van der Waals surface area contributed by atoms with Crippen LogP contribution in [0.25, 0.3) is 0 Å². The van der Waals surface area contributed by atoms with Crippen molar-refractivity contribution in [1.82, 2.24) is 10.6 Å². The SMILES string of the molecule is CC(C)C[C@H](C)C(=O)N[C@@H](CCCCNC(=O)OCc1ccccc1)C(=O)OCc1ccccc1. The zero-order valence-electron chi connectivity index (χ0n) is 21.0. The van der Waals surface area contributed by atoms with E-state index in [2.05, 4.69) is 24.5 Å². The summed E-state index contributed by atoms with van der Waals surface area (Å²) in [4.78, 5) is 37.3. The first-order valence-corrected chi connectivity index (χ1v) is 12.3. The Balaban J connectivity index is 1.78. The van der Waals surface area contributed by atoms with Crippen molar-refractivity contribution in [2.24, 2.45) is 11.8 Å². The normalized spacial score (nSPS) is 12.5. The number of unbranched alkanes of at least 4 members (excludes halogenated alkanes) is 1. The molecule has 7 heteroatoms. The Kier molecular flexibility index (Phi) is 12.4. The van der Waals surface area contributed by atoms with E-state index in [0.717, 1.165) is 17.5 Å². The largest absolute Gasteiger partial charge is 0.459 e. The van der Waals surface area contributed by atoms with Crippen LogP contribution in [0.4, 0.5) is 4.79 Å². The van der Waals surface area contributed by atoms with E-state index in [1.54, 1.807) is 0 Å². The molecule has 7 nitrogen and oxygen atoms in total. The second kappa shape index (κ2) is 15.5. The number of hydrogen-bond acceptors (Lipinski definition) is 5. The van der Waals surface area contributed by atoms with Gasteiger partial charge in [0, 0.05) is 12.5 Å². The van der Waals surface area contributed by atoms with Crippen LogP contribution in [0, 0.1) is 11.8 Å². The van der Waals surface area contributed by atoms with Crippen molar-refractivity contribution in [3.63, 3.8) is 0 Å². The van der Waals surface area contributed by atoms with E-state index in [9.17, 15) is 14.4 Å². The molecule has 2 atom stereocenters. The molecule has 2 N–H and O–H groups in total. The van der Waals surface area contributed by atoms with E-state index in [-0.39, 0.29) is 25.0 Å². The highest BCUT2D eigenvalue weighted by Crippen LogP contribution is 2.13. The van der Waals surface area contributed by atoms with Gasteiger partial charge in [0.2, 0.25) is 5.91 Å². The first kappa shape index (κ1) is 27.9. The highest BCUT2D eigenvalue weighted by molar-refractivity contribution is 5.85. The van der Waals surface area contributed by atoms with Crippen LogP contribution in [0.15, 0.2) is 60.7 Å². The summed E-state index contributed by atoms with van der Waals surface area (Å²) in [5.41, 5.74) is 1.80. The molecule has 0 aliphatic rings. The molecule has 0 saturated carbocycles. The number of carbonyl (C=O) groups is 3. The number of amides is 2. The first-order valence-electron chi connectivity index (χ1n) is 12.3. The van der Waals surface area contributed by atoms with Gasteiger partial charge < -0.3 is 20.1 Å². The van der Waals surface area contributed by atoms with Gasteiger partial charge in [-0.2, -0.15) is 0 Å². The predicted octanol–water partition coefficient (Wildman–Crippen LogP) is 4.99. The predicted molar refractivity (Wildman–Crippen MR) is 135 cm³/mol. The maximum Gasteiger partial charge on any atom is 0.407 e. The molecule has 2 amide bonds. The highest BCUT2D eigenvalue weighted by Gasteiger charge is 2.25. The Labute approximate surface area is 208 Å². The van der Waals surface area contributed by atoms with Crippen molar-refractivity contribution in [3.05, 3.63) is 71.8 Å². The molecular formula is C28H38N2O5. The molecule has 190 valence electrons. The second-order valence-corrected chi connectivity index (χ2v) is 9.17. The van der Waals surface area contributed by atoms with Crippen molar-refractivity contribution in [1.29, 1.82) is 0 Å². The molecule has 0 unspecified atom stereocenters. The molecule has 0 fully saturated rings. The van der Waals surface area contributed by atoms with Gasteiger partial charge in [0.1, 0.15) is 19.3 Å². The van der Waals surface area contributed by atoms with Crippen LogP contribution in [-0.2, 0) is 32.3 Å². The molecule has 0 spiro atoms. The number of esters is 1. The first-order chi connectivity index (χ1) is 16.8. The molecule has 0 radical (unpaired) electrons. The van der Waals surface area contributed by atoms with Gasteiger partial charge in [-0.15, -0.1) is 0 Å². The number of carbonyl (C=O) groups excluding carboxylic acids is 3. The van der Waals surface area contributed by atoms with E-state index in [1.807, 2.05) is 67.6 Å². The summed E-state index contributed by atoms with van der Waals surface area (Å²) >= 11 is 0. The maximum atomic E-state index is 12.8. The van der Waals surface area contributed by atoms with Crippen molar-refractivity contribution < 1.29 is 23.9 Å². The standard InChI is InChI=1S/C28H38N2O5/c1-21(2)18-22(3)26(31)30-25(27(32)34-19-23-12-6-4-7-13-23)16-10-11-17-29-28(33)35-20-24-14-8-5-9-15-24/h4-9,12-15,21-22,25H,10-11,16-20H2,1-3H3,(H,29,33)(H,30,31)/t22-,25-/m0/s1. The number of benzene rings is 2. The fourth-order valence-electron chi connectivity index (χ4n) is 3.64. The zero-order chi connectivity index (χ0) is 25.5. The van der Waals surface area contributed by atoms with Gasteiger partial charge in [0.15, 0.2) is 0 Å². The summed E-state index contributed by atoms with van der Waals surface area (Å²) in [6.07, 6.45) is 1.95. The molecule has 0 heterocycles. The van der Waals surface area contributed by atoms with Crippen molar-refractivity contribution in [2.75, 3.05) is 6.54 Å². The van der Waals surface area contributed by atoms with E-state index < -0.39 is 18.1 Å². The second-order valence-electron chi connectivity index (χ2n) is 9.17. The monoisotopic (exact) mass is 482 g/mol. The minimum atomic E-state index is -0.731. The lowest BCUT2D eigenvalue weighted by atomic mass is 9.97. The summed E-state index contributed by atoms with van der Waals surface area (Å²) in [6, 6.07) is 18.2. The van der Waals surface area contributed by atoms with Crippen LogP contribution in [0.5, 0.6) is 0 Å². The Morgan fingerprint density at radius 1 is 0.800 bits per heavy atom. The minimum absolute atomic E-state index is 0.150. The molecule has 0 aromatic heterocycles. The lowest BCUT2D eigenvalue weighted by Gasteiger charge is -2.21. The van der Waals surface area contributed by atoms with Crippen LogP contribution >= 0.6 is 0 Å². The van der Waals surface area contributed by atoms with Crippen molar-refractivity contribution in [3.8, 4) is 0 Å². The Hall–Kier alpha value is -3.35. The van der Waals surface area contributed by atoms with Crippen LogP contribution in [0.3, 0.4) is 0 Å². The van der Waals surface area contributed by atoms with Gasteiger partial charge in [-0.05, 0) is 42.7 Å². The van der Waals surface area contributed by atoms with Gasteiger partial charge in [0.05, 0.1) is 0 Å². The number of hydrogen-bond donors (Lipinski definition) is 2. The summed E-state index contributed by atoms with van der Waals surface area (Å²) in [5, 5.41) is 5.59. The van der Waals surface area contributed by atoms with Gasteiger partial charge in [-0.3, -0.25) is 4.79 Å². The molecule has 2 aromatic rings. The molecule has 2 aromatic carbocycles. The molecular weight excluding hydrogens is 444 g/mol. The number of alkyl carbamates (subject to hydrolysis) is 1. The number of ether oxygens (including phenoxy) is 2. The van der Waals surface area contributed by atoms with Gasteiger partial charge in [0.25, 0.3) is 0 Å². The topological polar surface area (TPSA) is 93.7 Å². The Morgan fingerprint density at radius 2 is 1.37 bits per heavy atom. The average molecular weight is 483 g/mol. The molecule has 0 bridgehead atoms. The van der Waals surface area contributed by atoms with E-state index in [0.29, 0.717) is 31.7 Å². The fraction of sp³-hybridized carbons (Fsp3) is 0.464. The Morgan fingerprint density at radius 3 is 1.94 bits per heavy atom. The smallest absolute Gasteiger partial charge is 0.407 e. The minimum Gasteiger partial charge on any atom is -0.459 e. The van der Waals surface area contributed by atoms with Gasteiger partial charge >= 0.3 is 12.1 Å². The van der Waals surface area contributed by atoms with E-state index in [4.69, 9.17) is 9.47 Å². The van der Waals surface area contributed by atoms with Crippen molar-refractivity contribution in [2.45, 2.75) is 65.7 Å². The van der Waals surface area contributed by atoms with E-state index >= 15 is 0 Å². The summed E-state index contributed by atoms with van der Waals surface area (Å²) < 4.78 is 10.7. The van der Waals surface area contributed by atoms with Crippen molar-refractivity contribution >= 4 is 18.0 Å². The zero-order valence-corrected chi connectivity index (χ0v) is 21.0. The van der Waals surface area contributed by atoms with Gasteiger partial charge in [-0.1, -0.05) is 81.4 Å². The molecule has 0 aliphatic heterocycles. The van der Waals surface area contributed by atoms with Crippen LogP contribution in [-0.4, -0.2) is 30.6 Å². The summed E-state index contributed by atoms with van der Waals surface area (Å²) in [6.45, 7) is 6.77. The third kappa shape index (κ3) is 11.6. The highest BCUT2D eigenvalue weighted by atomic mass is 16.5. The third-order valence-corrected chi connectivity index (χ3v) is 5.50. The molecule has 35 heavy (non-hydrogen) atoms. The molecule has 2 rings (SSSR count). The van der Waals surface area contributed by atoms with Crippen LogP contribution in [0.1, 0.15) is 57.6 Å². The quantitative estimate of drug-likeness (QED) is 0.292. The average Bonchev–Trinajstić information content (AvgIpc) is 2.85. The summed E-state index contributed by atoms with van der Waals surface area (Å²) in [5.74, 6) is -0.412. The van der Waals surface area contributed by atoms with Crippen LogP contribution in [0.2, 0.25) is 0 Å². The Bertz CT molecular complexity index is 902. The lowest BCUT2D eigenvalue weighted by Crippen LogP contribution is -2.44. The van der Waals surface area contributed by atoms with Crippen LogP contribution < -0.4 is 10.6 Å². The molecule has 0 aliphatic carbocycles. The number of nitrogens with one attached hydrogen (secondary N) is 2. The third-order valence-electron chi connectivity index (χ3n) is 5.50.